The van der Waals surface area contributed by atoms with E-state index in [0.29, 0.717) is 24.0 Å². The maximum atomic E-state index is 12.8. The van der Waals surface area contributed by atoms with Gasteiger partial charge in [0.2, 0.25) is 10.0 Å². The molecular formula is C17H26N2O2S. The van der Waals surface area contributed by atoms with Crippen molar-refractivity contribution in [3.05, 3.63) is 29.3 Å². The zero-order valence-corrected chi connectivity index (χ0v) is 14.3. The summed E-state index contributed by atoms with van der Waals surface area (Å²) in [5.74, 6) is 0.872. The lowest BCUT2D eigenvalue weighted by Gasteiger charge is -2.32. The molecule has 2 fully saturated rings. The van der Waals surface area contributed by atoms with Gasteiger partial charge in [-0.3, -0.25) is 0 Å². The van der Waals surface area contributed by atoms with Gasteiger partial charge in [0.25, 0.3) is 0 Å². The van der Waals surface area contributed by atoms with Crippen LogP contribution in [0.25, 0.3) is 0 Å². The highest BCUT2D eigenvalue weighted by atomic mass is 32.2. The zero-order valence-electron chi connectivity index (χ0n) is 13.5. The summed E-state index contributed by atoms with van der Waals surface area (Å²) in [6, 6.07) is 6.13. The fourth-order valence-electron chi connectivity index (χ4n) is 3.08. The number of piperidine rings is 1. The van der Waals surface area contributed by atoms with E-state index in [1.165, 1.54) is 12.8 Å². The number of nitrogens with zero attached hydrogens (tertiary/aromatic N) is 1. The van der Waals surface area contributed by atoms with Crippen molar-refractivity contribution in [3.8, 4) is 0 Å². The highest BCUT2D eigenvalue weighted by molar-refractivity contribution is 7.89. The van der Waals surface area contributed by atoms with E-state index in [0.717, 1.165) is 36.4 Å². The van der Waals surface area contributed by atoms with E-state index in [1.54, 1.807) is 10.4 Å². The molecule has 122 valence electrons. The Balaban J connectivity index is 1.64. The third-order valence-corrected chi connectivity index (χ3v) is 6.85. The Kier molecular flexibility index (Phi) is 4.57. The first-order valence-corrected chi connectivity index (χ1v) is 9.71. The molecule has 0 unspecified atom stereocenters. The normalized spacial score (nSPS) is 21.2. The van der Waals surface area contributed by atoms with Gasteiger partial charge in [-0.1, -0.05) is 12.1 Å². The molecule has 1 aliphatic heterocycles. The van der Waals surface area contributed by atoms with Crippen molar-refractivity contribution in [2.24, 2.45) is 5.92 Å². The lowest BCUT2D eigenvalue weighted by molar-refractivity contribution is 0.288. The Morgan fingerprint density at radius 3 is 2.45 bits per heavy atom. The molecule has 0 bridgehead atoms. The lowest BCUT2D eigenvalue weighted by atomic mass is 10.1. The van der Waals surface area contributed by atoms with Gasteiger partial charge in [0, 0.05) is 19.1 Å². The zero-order chi connectivity index (χ0) is 15.7. The first-order chi connectivity index (χ1) is 10.5. The molecule has 0 atom stereocenters. The van der Waals surface area contributed by atoms with Crippen LogP contribution in [0.5, 0.6) is 0 Å². The molecule has 1 saturated heterocycles. The molecule has 0 aromatic heterocycles. The lowest BCUT2D eigenvalue weighted by Crippen LogP contribution is -2.45. The summed E-state index contributed by atoms with van der Waals surface area (Å²) in [5.41, 5.74) is 1.82. The molecular weight excluding hydrogens is 296 g/mol. The number of sulfonamides is 1. The van der Waals surface area contributed by atoms with E-state index in [2.05, 4.69) is 5.32 Å². The summed E-state index contributed by atoms with van der Waals surface area (Å²) in [6.45, 7) is 6.16. The van der Waals surface area contributed by atoms with Crippen molar-refractivity contribution in [1.82, 2.24) is 9.62 Å². The smallest absolute Gasteiger partial charge is 0.243 e. The summed E-state index contributed by atoms with van der Waals surface area (Å²) >= 11 is 0. The summed E-state index contributed by atoms with van der Waals surface area (Å²) in [5, 5.41) is 3.59. The Morgan fingerprint density at radius 2 is 1.82 bits per heavy atom. The van der Waals surface area contributed by atoms with Gasteiger partial charge in [0.1, 0.15) is 0 Å². The topological polar surface area (TPSA) is 49.4 Å². The van der Waals surface area contributed by atoms with Gasteiger partial charge >= 0.3 is 0 Å². The van der Waals surface area contributed by atoms with E-state index >= 15 is 0 Å². The summed E-state index contributed by atoms with van der Waals surface area (Å²) < 4.78 is 27.4. The van der Waals surface area contributed by atoms with Crippen molar-refractivity contribution in [3.63, 3.8) is 0 Å². The van der Waals surface area contributed by atoms with Crippen LogP contribution in [0.2, 0.25) is 0 Å². The van der Waals surface area contributed by atoms with Gasteiger partial charge in [0.05, 0.1) is 4.90 Å². The molecule has 1 saturated carbocycles. The number of benzene rings is 1. The van der Waals surface area contributed by atoms with Crippen molar-refractivity contribution in [2.45, 2.75) is 50.5 Å². The number of rotatable bonds is 5. The molecule has 22 heavy (non-hydrogen) atoms. The van der Waals surface area contributed by atoms with Crippen LogP contribution in [-0.4, -0.2) is 38.4 Å². The molecule has 5 heteroatoms. The minimum absolute atomic E-state index is 0.469. The fraction of sp³-hybridized carbons (Fsp3) is 0.647. The van der Waals surface area contributed by atoms with Gasteiger partial charge < -0.3 is 5.32 Å². The number of hydrogen-bond acceptors (Lipinski definition) is 3. The molecule has 1 aliphatic carbocycles. The molecule has 4 nitrogen and oxygen atoms in total. The van der Waals surface area contributed by atoms with Crippen molar-refractivity contribution < 1.29 is 8.42 Å². The van der Waals surface area contributed by atoms with E-state index in [1.807, 2.05) is 26.0 Å². The molecule has 1 aromatic rings. The van der Waals surface area contributed by atoms with Crippen molar-refractivity contribution in [2.75, 3.05) is 19.6 Å². The molecule has 1 N–H and O–H groups in total. The van der Waals surface area contributed by atoms with E-state index in [9.17, 15) is 8.42 Å². The van der Waals surface area contributed by atoms with Gasteiger partial charge in [-0.05, 0) is 69.2 Å². The average Bonchev–Trinajstić information content (AvgIpc) is 3.32. The Labute approximate surface area is 134 Å². The third kappa shape index (κ3) is 3.53. The molecule has 0 amide bonds. The average molecular weight is 322 g/mol. The fourth-order valence-corrected chi connectivity index (χ4v) is 4.86. The first kappa shape index (κ1) is 16.0. The van der Waals surface area contributed by atoms with Crippen LogP contribution in [0, 0.1) is 19.8 Å². The molecule has 1 heterocycles. The van der Waals surface area contributed by atoms with Crippen LogP contribution in [0.3, 0.4) is 0 Å². The summed E-state index contributed by atoms with van der Waals surface area (Å²) in [6.07, 6.45) is 4.54. The van der Waals surface area contributed by atoms with Crippen LogP contribution in [-0.2, 0) is 10.0 Å². The third-order valence-electron chi connectivity index (χ3n) is 4.81. The molecule has 0 radical (unpaired) electrons. The SMILES string of the molecule is Cc1ccc(C)c(S(=O)(=O)N2CCC(NCC3CC3)CC2)c1. The predicted molar refractivity (Wildman–Crippen MR) is 88.4 cm³/mol. The Bertz CT molecular complexity index is 630. The van der Waals surface area contributed by atoms with Gasteiger partial charge in [-0.25, -0.2) is 8.42 Å². The maximum Gasteiger partial charge on any atom is 0.243 e. The second kappa shape index (κ2) is 6.30. The Morgan fingerprint density at radius 1 is 1.14 bits per heavy atom. The number of hydrogen-bond donors (Lipinski definition) is 1. The molecule has 3 rings (SSSR count). The summed E-state index contributed by atoms with van der Waals surface area (Å²) in [4.78, 5) is 0.469. The quantitative estimate of drug-likeness (QED) is 0.906. The van der Waals surface area contributed by atoms with E-state index in [4.69, 9.17) is 0 Å². The summed E-state index contributed by atoms with van der Waals surface area (Å²) in [7, 11) is -3.35. The molecule has 0 spiro atoms. The highest BCUT2D eigenvalue weighted by Gasteiger charge is 2.31. The number of aryl methyl sites for hydroxylation is 2. The monoisotopic (exact) mass is 322 g/mol. The minimum atomic E-state index is -3.35. The van der Waals surface area contributed by atoms with Crippen LogP contribution in [0.4, 0.5) is 0 Å². The van der Waals surface area contributed by atoms with Crippen LogP contribution < -0.4 is 5.32 Å². The molecule has 1 aromatic carbocycles. The second-order valence-corrected chi connectivity index (χ2v) is 8.71. The number of nitrogens with one attached hydrogen (secondary N) is 1. The van der Waals surface area contributed by atoms with Crippen molar-refractivity contribution >= 4 is 10.0 Å². The predicted octanol–water partition coefficient (Wildman–Crippen LogP) is 2.46. The van der Waals surface area contributed by atoms with Crippen LogP contribution >= 0.6 is 0 Å². The Hall–Kier alpha value is -0.910. The van der Waals surface area contributed by atoms with Crippen molar-refractivity contribution in [1.29, 1.82) is 0 Å². The first-order valence-electron chi connectivity index (χ1n) is 8.27. The second-order valence-electron chi connectivity index (χ2n) is 6.80. The minimum Gasteiger partial charge on any atom is -0.314 e. The largest absolute Gasteiger partial charge is 0.314 e. The highest BCUT2D eigenvalue weighted by Crippen LogP contribution is 2.28. The molecule has 2 aliphatic rings. The maximum absolute atomic E-state index is 12.8. The van der Waals surface area contributed by atoms with E-state index < -0.39 is 10.0 Å². The van der Waals surface area contributed by atoms with Gasteiger partial charge in [-0.2, -0.15) is 4.31 Å². The van der Waals surface area contributed by atoms with Crippen LogP contribution in [0.1, 0.15) is 36.8 Å². The van der Waals surface area contributed by atoms with Crippen LogP contribution in [0.15, 0.2) is 23.1 Å². The van der Waals surface area contributed by atoms with E-state index in [-0.39, 0.29) is 0 Å². The standard InChI is InChI=1S/C17H26N2O2S/c1-13-3-4-14(2)17(11-13)22(20,21)19-9-7-16(8-10-19)18-12-15-5-6-15/h3-4,11,15-16,18H,5-10,12H2,1-2H3. The van der Waals surface area contributed by atoms with Gasteiger partial charge in [-0.15, -0.1) is 0 Å². The van der Waals surface area contributed by atoms with Gasteiger partial charge in [0.15, 0.2) is 0 Å².